The Morgan fingerprint density at radius 1 is 1.09 bits per heavy atom. The van der Waals surface area contributed by atoms with Gasteiger partial charge in [0.1, 0.15) is 6.61 Å². The third-order valence-corrected chi connectivity index (χ3v) is 6.98. The van der Waals surface area contributed by atoms with E-state index in [4.69, 9.17) is 4.74 Å². The van der Waals surface area contributed by atoms with Gasteiger partial charge in [-0.1, -0.05) is 55.0 Å². The molecule has 0 radical (unpaired) electrons. The predicted molar refractivity (Wildman–Crippen MR) is 124 cm³/mol. The van der Waals surface area contributed by atoms with Gasteiger partial charge in [0.25, 0.3) is 0 Å². The molecule has 2 aliphatic rings. The van der Waals surface area contributed by atoms with Gasteiger partial charge in [0, 0.05) is 24.4 Å². The highest BCUT2D eigenvalue weighted by Gasteiger charge is 2.45. The first-order valence-electron chi connectivity index (χ1n) is 11.4. The van der Waals surface area contributed by atoms with Crippen molar-refractivity contribution in [2.45, 2.75) is 57.5 Å². The summed E-state index contributed by atoms with van der Waals surface area (Å²) in [5, 5.41) is 15.1. The molecule has 3 N–H and O–H groups in total. The van der Waals surface area contributed by atoms with Crippen LogP contribution in [0.5, 0.6) is 0 Å². The second kappa shape index (κ2) is 9.25. The first kappa shape index (κ1) is 22.8. The molecule has 2 aromatic rings. The second-order valence-electron chi connectivity index (χ2n) is 9.31. The minimum Gasteiger partial charge on any atom is -0.481 e. The highest BCUT2D eigenvalue weighted by Crippen LogP contribution is 2.44. The molecule has 33 heavy (non-hydrogen) atoms. The SMILES string of the molecule is CC(CC(=O)NC1CCCC1(C)C(=O)O)NC(=O)OCC1c2ccccc2-c2ccccc21. The van der Waals surface area contributed by atoms with E-state index >= 15 is 0 Å². The van der Waals surface area contributed by atoms with Gasteiger partial charge in [-0.3, -0.25) is 9.59 Å². The summed E-state index contributed by atoms with van der Waals surface area (Å²) in [6.45, 7) is 3.61. The summed E-state index contributed by atoms with van der Waals surface area (Å²) >= 11 is 0. The van der Waals surface area contributed by atoms with Crippen LogP contribution >= 0.6 is 0 Å². The number of carbonyl (C=O) groups is 3. The third kappa shape index (κ3) is 4.58. The largest absolute Gasteiger partial charge is 0.481 e. The Balaban J connectivity index is 1.29. The van der Waals surface area contributed by atoms with Crippen LogP contribution in [0.25, 0.3) is 11.1 Å². The molecule has 1 saturated carbocycles. The molecule has 3 atom stereocenters. The van der Waals surface area contributed by atoms with Crippen molar-refractivity contribution < 1.29 is 24.2 Å². The van der Waals surface area contributed by atoms with E-state index < -0.39 is 29.6 Å². The fraction of sp³-hybridized carbons (Fsp3) is 0.423. The number of aliphatic carboxylic acids is 1. The van der Waals surface area contributed by atoms with Crippen molar-refractivity contribution in [3.63, 3.8) is 0 Å². The van der Waals surface area contributed by atoms with Crippen LogP contribution in [-0.2, 0) is 14.3 Å². The molecule has 7 heteroatoms. The van der Waals surface area contributed by atoms with Crippen LogP contribution < -0.4 is 10.6 Å². The Labute approximate surface area is 193 Å². The molecular weight excluding hydrogens is 420 g/mol. The van der Waals surface area contributed by atoms with Crippen molar-refractivity contribution in [1.29, 1.82) is 0 Å². The summed E-state index contributed by atoms with van der Waals surface area (Å²) in [7, 11) is 0. The summed E-state index contributed by atoms with van der Waals surface area (Å²) in [4.78, 5) is 36.4. The summed E-state index contributed by atoms with van der Waals surface area (Å²) in [6.07, 6.45) is 1.43. The topological polar surface area (TPSA) is 105 Å². The van der Waals surface area contributed by atoms with Gasteiger partial charge in [0.2, 0.25) is 5.91 Å². The molecule has 0 saturated heterocycles. The van der Waals surface area contributed by atoms with Crippen molar-refractivity contribution >= 4 is 18.0 Å². The minimum atomic E-state index is -0.945. The lowest BCUT2D eigenvalue weighted by Crippen LogP contribution is -2.48. The van der Waals surface area contributed by atoms with Crippen LogP contribution in [0.2, 0.25) is 0 Å². The molecular formula is C26H30N2O5. The monoisotopic (exact) mass is 450 g/mol. The molecule has 7 nitrogen and oxygen atoms in total. The zero-order chi connectivity index (χ0) is 23.6. The van der Waals surface area contributed by atoms with E-state index in [1.54, 1.807) is 13.8 Å². The number of carboxylic acid groups (broad SMARTS) is 1. The molecule has 1 fully saturated rings. The Bertz CT molecular complexity index is 1020. The second-order valence-corrected chi connectivity index (χ2v) is 9.31. The van der Waals surface area contributed by atoms with Gasteiger partial charge < -0.3 is 20.5 Å². The maximum Gasteiger partial charge on any atom is 0.407 e. The van der Waals surface area contributed by atoms with Crippen LogP contribution in [0.15, 0.2) is 48.5 Å². The maximum atomic E-state index is 12.4. The summed E-state index contributed by atoms with van der Waals surface area (Å²) in [6, 6.07) is 15.4. The molecule has 0 aliphatic heterocycles. The number of ether oxygens (including phenoxy) is 1. The van der Waals surface area contributed by atoms with Gasteiger partial charge in [0.05, 0.1) is 5.41 Å². The number of carboxylic acids is 1. The lowest BCUT2D eigenvalue weighted by molar-refractivity contribution is -0.149. The van der Waals surface area contributed by atoms with E-state index in [9.17, 15) is 19.5 Å². The molecule has 4 rings (SSSR count). The van der Waals surface area contributed by atoms with Gasteiger partial charge >= 0.3 is 12.1 Å². The average Bonchev–Trinajstić information content (AvgIpc) is 3.31. The first-order chi connectivity index (χ1) is 15.8. The Kier molecular flexibility index (Phi) is 6.40. The normalized spacial score (nSPS) is 22.2. The number of hydrogen-bond acceptors (Lipinski definition) is 4. The number of alkyl carbamates (subject to hydrolysis) is 1. The van der Waals surface area contributed by atoms with Crippen LogP contribution in [-0.4, -0.2) is 41.8 Å². The van der Waals surface area contributed by atoms with E-state index in [1.165, 1.54) is 0 Å². The van der Waals surface area contributed by atoms with Crippen molar-refractivity contribution in [3.05, 3.63) is 59.7 Å². The lowest BCUT2D eigenvalue weighted by atomic mass is 9.85. The predicted octanol–water partition coefficient (Wildman–Crippen LogP) is 4.06. The van der Waals surface area contributed by atoms with Crippen molar-refractivity contribution in [2.75, 3.05) is 6.61 Å². The van der Waals surface area contributed by atoms with E-state index in [0.29, 0.717) is 12.8 Å². The van der Waals surface area contributed by atoms with Crippen molar-refractivity contribution in [3.8, 4) is 11.1 Å². The van der Waals surface area contributed by atoms with Crippen LogP contribution in [0.4, 0.5) is 4.79 Å². The molecule has 0 spiro atoms. The number of rotatable bonds is 7. The Hall–Kier alpha value is -3.35. The standard InChI is InChI=1S/C26H30N2O5/c1-16(14-23(29)28-22-12-7-13-26(22,2)24(30)31)27-25(32)33-15-21-19-10-5-3-8-17(19)18-9-4-6-11-20(18)21/h3-6,8-11,16,21-22H,7,12-15H2,1-2H3,(H,27,32)(H,28,29)(H,30,31). The molecule has 174 valence electrons. The lowest BCUT2D eigenvalue weighted by Gasteiger charge is -2.28. The number of carbonyl (C=O) groups excluding carboxylic acids is 2. The van der Waals surface area contributed by atoms with Gasteiger partial charge in [-0.2, -0.15) is 0 Å². The number of nitrogens with one attached hydrogen (secondary N) is 2. The van der Waals surface area contributed by atoms with Crippen LogP contribution in [0.3, 0.4) is 0 Å². The molecule has 0 bridgehead atoms. The van der Waals surface area contributed by atoms with E-state index in [-0.39, 0.29) is 24.9 Å². The molecule has 2 amide bonds. The zero-order valence-corrected chi connectivity index (χ0v) is 19.0. The molecule has 0 heterocycles. The number of hydrogen-bond donors (Lipinski definition) is 3. The smallest absolute Gasteiger partial charge is 0.407 e. The fourth-order valence-corrected chi connectivity index (χ4v) is 5.08. The van der Waals surface area contributed by atoms with Crippen LogP contribution in [0, 0.1) is 5.41 Å². The highest BCUT2D eigenvalue weighted by molar-refractivity contribution is 5.81. The van der Waals surface area contributed by atoms with Gasteiger partial charge in [-0.15, -0.1) is 0 Å². The zero-order valence-electron chi connectivity index (χ0n) is 19.0. The van der Waals surface area contributed by atoms with Gasteiger partial charge in [0.15, 0.2) is 0 Å². The fourth-order valence-electron chi connectivity index (χ4n) is 5.08. The van der Waals surface area contributed by atoms with E-state index in [2.05, 4.69) is 34.9 Å². The number of fused-ring (bicyclic) bond motifs is 3. The Morgan fingerprint density at radius 2 is 1.70 bits per heavy atom. The maximum absolute atomic E-state index is 12.4. The van der Waals surface area contributed by atoms with E-state index in [0.717, 1.165) is 28.7 Å². The minimum absolute atomic E-state index is 0.0298. The Morgan fingerprint density at radius 3 is 2.30 bits per heavy atom. The average molecular weight is 451 g/mol. The molecule has 2 aliphatic carbocycles. The van der Waals surface area contributed by atoms with E-state index in [1.807, 2.05) is 24.3 Å². The van der Waals surface area contributed by atoms with Crippen molar-refractivity contribution in [2.24, 2.45) is 5.41 Å². The quantitative estimate of drug-likeness (QED) is 0.590. The van der Waals surface area contributed by atoms with Gasteiger partial charge in [-0.25, -0.2) is 4.79 Å². The summed E-state index contributed by atoms with van der Waals surface area (Å²) in [5.74, 6) is -1.20. The van der Waals surface area contributed by atoms with Gasteiger partial charge in [-0.05, 0) is 48.9 Å². The molecule has 0 aromatic heterocycles. The number of benzene rings is 2. The molecule has 2 aromatic carbocycles. The van der Waals surface area contributed by atoms with Crippen LogP contribution in [0.1, 0.15) is 56.6 Å². The number of amides is 2. The summed E-state index contributed by atoms with van der Waals surface area (Å²) < 4.78 is 5.53. The molecule has 3 unspecified atom stereocenters. The third-order valence-electron chi connectivity index (χ3n) is 6.98. The highest BCUT2D eigenvalue weighted by atomic mass is 16.5. The van der Waals surface area contributed by atoms with Crippen molar-refractivity contribution in [1.82, 2.24) is 10.6 Å². The first-order valence-corrected chi connectivity index (χ1v) is 11.4. The summed E-state index contributed by atoms with van der Waals surface area (Å²) in [5.41, 5.74) is 3.65.